The van der Waals surface area contributed by atoms with E-state index in [0.717, 1.165) is 19.9 Å². The van der Waals surface area contributed by atoms with Crippen molar-refractivity contribution in [1.82, 2.24) is 10.2 Å². The largest absolute Gasteiger partial charge is 0.354 e. The number of hydrogen-bond donors (Lipinski definition) is 1. The van der Waals surface area contributed by atoms with E-state index in [0.29, 0.717) is 11.6 Å². The number of rotatable bonds is 11. The van der Waals surface area contributed by atoms with Crippen LogP contribution in [0.5, 0.6) is 0 Å². The Morgan fingerprint density at radius 3 is 2.21 bits per heavy atom. The zero-order valence-corrected chi connectivity index (χ0v) is 25.6. The van der Waals surface area contributed by atoms with Crippen LogP contribution in [0.15, 0.2) is 82.2 Å². The van der Waals surface area contributed by atoms with Gasteiger partial charge in [0.05, 0.1) is 10.6 Å². The van der Waals surface area contributed by atoms with E-state index in [9.17, 15) is 18.0 Å². The summed E-state index contributed by atoms with van der Waals surface area (Å²) in [7, 11) is -4.14. The molecular weight excluding hydrogens is 602 g/mol. The van der Waals surface area contributed by atoms with Crippen LogP contribution in [0, 0.1) is 12.8 Å². The molecule has 1 atom stereocenters. The van der Waals surface area contributed by atoms with Gasteiger partial charge >= 0.3 is 0 Å². The van der Waals surface area contributed by atoms with Crippen molar-refractivity contribution in [3.63, 3.8) is 0 Å². The number of sulfonamides is 1. The molecule has 0 fully saturated rings. The van der Waals surface area contributed by atoms with Gasteiger partial charge in [-0.05, 0) is 67.8 Å². The third-order valence-electron chi connectivity index (χ3n) is 6.10. The van der Waals surface area contributed by atoms with E-state index >= 15 is 0 Å². The van der Waals surface area contributed by atoms with Crippen molar-refractivity contribution in [2.45, 2.75) is 45.2 Å². The lowest BCUT2D eigenvalue weighted by Crippen LogP contribution is -2.51. The SMILES string of the molecule is Cc1ccc(S(=O)(=O)N(CC(=O)N(Cc2ccc(Br)cc2)[C@@H](C)C(=O)NCC(C)C)c2cccc(Cl)c2)cc1. The minimum absolute atomic E-state index is 0.0445. The molecule has 0 aromatic heterocycles. The summed E-state index contributed by atoms with van der Waals surface area (Å²) in [5, 5.41) is 3.21. The lowest BCUT2D eigenvalue weighted by atomic mass is 10.1. The van der Waals surface area contributed by atoms with Crippen LogP contribution in [0.2, 0.25) is 5.02 Å². The second-order valence-corrected chi connectivity index (χ2v) is 13.0. The molecule has 0 saturated carbocycles. The van der Waals surface area contributed by atoms with Crippen LogP contribution >= 0.6 is 27.5 Å². The highest BCUT2D eigenvalue weighted by molar-refractivity contribution is 9.10. The molecule has 208 valence electrons. The second-order valence-electron chi connectivity index (χ2n) is 9.77. The molecule has 7 nitrogen and oxygen atoms in total. The molecule has 2 amide bonds. The fourth-order valence-corrected chi connectivity index (χ4v) is 5.67. The Kier molecular flexibility index (Phi) is 10.6. The van der Waals surface area contributed by atoms with Gasteiger partial charge in [-0.3, -0.25) is 13.9 Å². The number of nitrogens with zero attached hydrogens (tertiary/aromatic N) is 2. The molecule has 0 bridgehead atoms. The van der Waals surface area contributed by atoms with Gasteiger partial charge in [0, 0.05) is 22.6 Å². The molecule has 0 saturated heterocycles. The average Bonchev–Trinajstić information content (AvgIpc) is 2.89. The molecule has 39 heavy (non-hydrogen) atoms. The van der Waals surface area contributed by atoms with Crippen LogP contribution in [-0.4, -0.2) is 44.3 Å². The van der Waals surface area contributed by atoms with Crippen molar-refractivity contribution in [2.24, 2.45) is 5.92 Å². The van der Waals surface area contributed by atoms with E-state index in [1.165, 1.54) is 23.1 Å². The van der Waals surface area contributed by atoms with Crippen molar-refractivity contribution in [3.8, 4) is 0 Å². The Bertz CT molecular complexity index is 1400. The number of nitrogens with one attached hydrogen (secondary N) is 1. The van der Waals surface area contributed by atoms with Crippen LogP contribution in [0.4, 0.5) is 5.69 Å². The molecule has 0 aliphatic heterocycles. The second kappa shape index (κ2) is 13.5. The van der Waals surface area contributed by atoms with Crippen LogP contribution in [-0.2, 0) is 26.2 Å². The number of benzene rings is 3. The standard InChI is InChI=1S/C29H33BrClN3O4S/c1-20(2)17-32-29(36)22(4)33(18-23-10-12-24(30)13-11-23)28(35)19-34(26-7-5-6-25(31)16-26)39(37,38)27-14-8-21(3)9-15-27/h5-16,20,22H,17-19H2,1-4H3,(H,32,36)/t22-/m0/s1. The van der Waals surface area contributed by atoms with E-state index in [1.54, 1.807) is 37.3 Å². The average molecular weight is 635 g/mol. The van der Waals surface area contributed by atoms with Crippen LogP contribution in [0.1, 0.15) is 31.9 Å². The highest BCUT2D eigenvalue weighted by Crippen LogP contribution is 2.27. The number of halogens is 2. The molecule has 3 aromatic rings. The van der Waals surface area contributed by atoms with Gasteiger partial charge in [-0.2, -0.15) is 0 Å². The minimum atomic E-state index is -4.14. The predicted octanol–water partition coefficient (Wildman–Crippen LogP) is 5.80. The third-order valence-corrected chi connectivity index (χ3v) is 8.65. The number of amides is 2. The number of carbonyl (C=O) groups excluding carboxylic acids is 2. The quantitative estimate of drug-likeness (QED) is 0.289. The molecule has 0 heterocycles. The molecule has 0 aliphatic carbocycles. The van der Waals surface area contributed by atoms with E-state index in [2.05, 4.69) is 21.2 Å². The molecule has 1 N–H and O–H groups in total. The van der Waals surface area contributed by atoms with E-state index in [4.69, 9.17) is 11.6 Å². The first kappa shape index (κ1) is 30.7. The van der Waals surface area contributed by atoms with Crippen molar-refractivity contribution in [1.29, 1.82) is 0 Å². The number of carbonyl (C=O) groups is 2. The maximum Gasteiger partial charge on any atom is 0.264 e. The Labute approximate surface area is 244 Å². The van der Waals surface area contributed by atoms with Gasteiger partial charge in [0.25, 0.3) is 10.0 Å². The number of anilines is 1. The van der Waals surface area contributed by atoms with Crippen molar-refractivity contribution in [2.75, 3.05) is 17.4 Å². The van der Waals surface area contributed by atoms with Crippen molar-refractivity contribution < 1.29 is 18.0 Å². The van der Waals surface area contributed by atoms with Gasteiger partial charge in [0.2, 0.25) is 11.8 Å². The van der Waals surface area contributed by atoms with Crippen molar-refractivity contribution in [3.05, 3.63) is 93.4 Å². The predicted molar refractivity (Wildman–Crippen MR) is 159 cm³/mol. The lowest BCUT2D eigenvalue weighted by Gasteiger charge is -2.32. The van der Waals surface area contributed by atoms with Crippen LogP contribution < -0.4 is 9.62 Å². The van der Waals surface area contributed by atoms with Gasteiger partial charge in [-0.25, -0.2) is 8.42 Å². The van der Waals surface area contributed by atoms with Gasteiger partial charge in [-0.15, -0.1) is 0 Å². The third kappa shape index (κ3) is 8.30. The summed E-state index contributed by atoms with van der Waals surface area (Å²) in [4.78, 5) is 28.4. The maximum atomic E-state index is 13.9. The summed E-state index contributed by atoms with van der Waals surface area (Å²) in [6.07, 6.45) is 0. The van der Waals surface area contributed by atoms with Gasteiger partial charge in [0.15, 0.2) is 0 Å². The summed E-state index contributed by atoms with van der Waals surface area (Å²) >= 11 is 9.61. The minimum Gasteiger partial charge on any atom is -0.354 e. The van der Waals surface area contributed by atoms with E-state index in [-0.39, 0.29) is 29.0 Å². The Morgan fingerprint density at radius 1 is 0.974 bits per heavy atom. The zero-order chi connectivity index (χ0) is 28.7. The maximum absolute atomic E-state index is 13.9. The lowest BCUT2D eigenvalue weighted by molar-refractivity contribution is -0.139. The van der Waals surface area contributed by atoms with Gasteiger partial charge in [0.1, 0.15) is 12.6 Å². The van der Waals surface area contributed by atoms with E-state index in [1.807, 2.05) is 45.0 Å². The summed E-state index contributed by atoms with van der Waals surface area (Å²) < 4.78 is 29.6. The van der Waals surface area contributed by atoms with Gasteiger partial charge < -0.3 is 10.2 Å². The Balaban J connectivity index is 2.01. The molecule has 0 unspecified atom stereocenters. The number of aryl methyl sites for hydroxylation is 1. The topological polar surface area (TPSA) is 86.8 Å². The van der Waals surface area contributed by atoms with Crippen LogP contribution in [0.3, 0.4) is 0 Å². The molecule has 10 heteroatoms. The molecule has 0 aliphatic rings. The Morgan fingerprint density at radius 2 is 1.62 bits per heavy atom. The first-order chi connectivity index (χ1) is 18.4. The highest BCUT2D eigenvalue weighted by atomic mass is 79.9. The van der Waals surface area contributed by atoms with Crippen molar-refractivity contribution >= 4 is 55.1 Å². The summed E-state index contributed by atoms with van der Waals surface area (Å²) in [6, 6.07) is 19.3. The molecule has 0 radical (unpaired) electrons. The molecular formula is C29H33BrClN3O4S. The Hall–Kier alpha value is -2.88. The van der Waals surface area contributed by atoms with E-state index < -0.39 is 28.5 Å². The highest BCUT2D eigenvalue weighted by Gasteiger charge is 2.32. The molecule has 3 aromatic carbocycles. The normalized spacial score (nSPS) is 12.2. The van der Waals surface area contributed by atoms with Gasteiger partial charge in [-0.1, -0.05) is 77.3 Å². The first-order valence-electron chi connectivity index (χ1n) is 12.5. The zero-order valence-electron chi connectivity index (χ0n) is 22.4. The fraction of sp³-hybridized carbons (Fsp3) is 0.310. The smallest absolute Gasteiger partial charge is 0.264 e. The molecule has 3 rings (SSSR count). The summed E-state index contributed by atoms with van der Waals surface area (Å²) in [5.74, 6) is -0.611. The molecule has 0 spiro atoms. The van der Waals surface area contributed by atoms with Crippen LogP contribution in [0.25, 0.3) is 0 Å². The monoisotopic (exact) mass is 633 g/mol. The number of hydrogen-bond acceptors (Lipinski definition) is 4. The summed E-state index contributed by atoms with van der Waals surface area (Å²) in [6.45, 7) is 7.53. The first-order valence-corrected chi connectivity index (χ1v) is 15.2. The fourth-order valence-electron chi connectivity index (χ4n) is 3.82. The summed E-state index contributed by atoms with van der Waals surface area (Å²) in [5.41, 5.74) is 1.95.